The van der Waals surface area contributed by atoms with Crippen LogP contribution in [0.1, 0.15) is 52.0 Å². The summed E-state index contributed by atoms with van der Waals surface area (Å²) in [4.78, 5) is 0. The average Bonchev–Trinajstić information content (AvgIpc) is 2.41. The average molecular weight is 287 g/mol. The lowest BCUT2D eigenvalue weighted by molar-refractivity contribution is -0.173. The van der Waals surface area contributed by atoms with Gasteiger partial charge in [-0.3, -0.25) is 0 Å². The van der Waals surface area contributed by atoms with Gasteiger partial charge in [-0.15, -0.1) is 0 Å². The third kappa shape index (κ3) is 2.64. The molecule has 1 spiro atoms. The van der Waals surface area contributed by atoms with E-state index in [4.69, 9.17) is 4.74 Å². The Bertz CT molecular complexity index is 464. The first kappa shape index (κ1) is 15.1. The molecule has 3 rings (SSSR count). The molecule has 1 aromatic rings. The predicted molar refractivity (Wildman–Crippen MR) is 87.6 cm³/mol. The molecule has 2 heteroatoms. The SMILES string of the molecule is CCOC1CC(NCC(C)(C)c2ccccc2)C12CCC2. The minimum Gasteiger partial charge on any atom is -0.378 e. The summed E-state index contributed by atoms with van der Waals surface area (Å²) in [6, 6.07) is 11.5. The molecule has 0 amide bonds. The molecule has 2 aliphatic carbocycles. The van der Waals surface area contributed by atoms with Gasteiger partial charge in [0.05, 0.1) is 6.10 Å². The zero-order valence-electron chi connectivity index (χ0n) is 13.7. The van der Waals surface area contributed by atoms with Crippen molar-refractivity contribution < 1.29 is 4.74 Å². The minimum atomic E-state index is 0.183. The van der Waals surface area contributed by atoms with Gasteiger partial charge in [0.1, 0.15) is 0 Å². The van der Waals surface area contributed by atoms with E-state index in [1.54, 1.807) is 0 Å². The Morgan fingerprint density at radius 1 is 1.24 bits per heavy atom. The summed E-state index contributed by atoms with van der Waals surface area (Å²) in [5.74, 6) is 0. The lowest BCUT2D eigenvalue weighted by Crippen LogP contribution is -2.67. The molecule has 2 nitrogen and oxygen atoms in total. The molecule has 0 aliphatic heterocycles. The Balaban J connectivity index is 1.58. The maximum atomic E-state index is 5.94. The molecule has 0 saturated heterocycles. The monoisotopic (exact) mass is 287 g/mol. The van der Waals surface area contributed by atoms with Crippen molar-refractivity contribution in [3.8, 4) is 0 Å². The van der Waals surface area contributed by atoms with Crippen LogP contribution in [0, 0.1) is 5.41 Å². The second-order valence-electron chi connectivity index (χ2n) is 7.45. The van der Waals surface area contributed by atoms with Crippen LogP contribution in [0.5, 0.6) is 0 Å². The van der Waals surface area contributed by atoms with E-state index in [0.717, 1.165) is 13.2 Å². The fraction of sp³-hybridized carbons (Fsp3) is 0.684. The fourth-order valence-electron chi connectivity index (χ4n) is 4.09. The molecular formula is C19H29NO. The molecule has 116 valence electrons. The zero-order valence-corrected chi connectivity index (χ0v) is 13.7. The van der Waals surface area contributed by atoms with Gasteiger partial charge in [0.15, 0.2) is 0 Å². The molecule has 0 aromatic heterocycles. The van der Waals surface area contributed by atoms with Crippen LogP contribution in [0.4, 0.5) is 0 Å². The molecule has 2 fully saturated rings. The number of benzene rings is 1. The van der Waals surface area contributed by atoms with Crippen LogP contribution < -0.4 is 5.32 Å². The van der Waals surface area contributed by atoms with Crippen molar-refractivity contribution in [2.24, 2.45) is 5.41 Å². The number of hydrogen-bond donors (Lipinski definition) is 1. The molecule has 2 saturated carbocycles. The van der Waals surface area contributed by atoms with Crippen molar-refractivity contribution in [1.29, 1.82) is 0 Å². The van der Waals surface area contributed by atoms with Crippen LogP contribution in [-0.4, -0.2) is 25.3 Å². The van der Waals surface area contributed by atoms with Crippen molar-refractivity contribution in [2.45, 2.75) is 64.0 Å². The maximum Gasteiger partial charge on any atom is 0.0661 e. The number of ether oxygens (including phenoxy) is 1. The molecule has 0 heterocycles. The zero-order chi connectivity index (χ0) is 14.9. The van der Waals surface area contributed by atoms with E-state index in [-0.39, 0.29) is 5.41 Å². The molecule has 2 unspecified atom stereocenters. The Hall–Kier alpha value is -0.860. The van der Waals surface area contributed by atoms with Crippen LogP contribution in [0.2, 0.25) is 0 Å². The third-order valence-corrected chi connectivity index (χ3v) is 5.78. The Kier molecular flexibility index (Phi) is 4.11. The van der Waals surface area contributed by atoms with Crippen molar-refractivity contribution in [2.75, 3.05) is 13.2 Å². The van der Waals surface area contributed by atoms with Crippen molar-refractivity contribution in [3.63, 3.8) is 0 Å². The van der Waals surface area contributed by atoms with Crippen molar-refractivity contribution in [3.05, 3.63) is 35.9 Å². The van der Waals surface area contributed by atoms with Crippen LogP contribution in [0.25, 0.3) is 0 Å². The summed E-state index contributed by atoms with van der Waals surface area (Å²) >= 11 is 0. The van der Waals surface area contributed by atoms with Gasteiger partial charge in [-0.2, -0.15) is 0 Å². The molecule has 2 atom stereocenters. The van der Waals surface area contributed by atoms with Gasteiger partial charge >= 0.3 is 0 Å². The number of rotatable bonds is 6. The summed E-state index contributed by atoms with van der Waals surface area (Å²) in [5, 5.41) is 3.86. The standard InChI is InChI=1S/C19H29NO/c1-4-21-17-13-16(19(17)11-8-12-19)20-14-18(2,3)15-9-6-5-7-10-15/h5-7,9-10,16-17,20H,4,8,11-14H2,1-3H3. The first-order valence-corrected chi connectivity index (χ1v) is 8.49. The number of nitrogens with one attached hydrogen (secondary N) is 1. The molecule has 1 aromatic carbocycles. The smallest absolute Gasteiger partial charge is 0.0661 e. The second-order valence-corrected chi connectivity index (χ2v) is 7.45. The minimum absolute atomic E-state index is 0.183. The van der Waals surface area contributed by atoms with Crippen LogP contribution in [0.3, 0.4) is 0 Å². The van der Waals surface area contributed by atoms with Crippen LogP contribution >= 0.6 is 0 Å². The highest BCUT2D eigenvalue weighted by molar-refractivity contribution is 5.24. The maximum absolute atomic E-state index is 5.94. The lowest BCUT2D eigenvalue weighted by Gasteiger charge is -2.61. The third-order valence-electron chi connectivity index (χ3n) is 5.78. The lowest BCUT2D eigenvalue weighted by atomic mass is 9.51. The largest absolute Gasteiger partial charge is 0.378 e. The first-order chi connectivity index (χ1) is 10.1. The summed E-state index contributed by atoms with van der Waals surface area (Å²) in [5.41, 5.74) is 2.06. The van der Waals surface area contributed by atoms with Gasteiger partial charge in [-0.25, -0.2) is 0 Å². The molecule has 2 aliphatic rings. The number of hydrogen-bond acceptors (Lipinski definition) is 2. The van der Waals surface area contributed by atoms with Crippen LogP contribution in [-0.2, 0) is 10.2 Å². The highest BCUT2D eigenvalue weighted by Gasteiger charge is 2.58. The van der Waals surface area contributed by atoms with Crippen molar-refractivity contribution >= 4 is 0 Å². The first-order valence-electron chi connectivity index (χ1n) is 8.49. The van der Waals surface area contributed by atoms with E-state index in [2.05, 4.69) is 56.4 Å². The highest BCUT2D eigenvalue weighted by atomic mass is 16.5. The molecule has 0 radical (unpaired) electrons. The molecule has 1 N–H and O–H groups in total. The van der Waals surface area contributed by atoms with Gasteiger partial charge in [-0.05, 0) is 31.7 Å². The topological polar surface area (TPSA) is 21.3 Å². The van der Waals surface area contributed by atoms with Gasteiger partial charge < -0.3 is 10.1 Å². The van der Waals surface area contributed by atoms with Gasteiger partial charge in [0.25, 0.3) is 0 Å². The van der Waals surface area contributed by atoms with E-state index >= 15 is 0 Å². The fourth-order valence-corrected chi connectivity index (χ4v) is 4.09. The van der Waals surface area contributed by atoms with E-state index in [9.17, 15) is 0 Å². The van der Waals surface area contributed by atoms with E-state index in [1.807, 2.05) is 0 Å². The normalized spacial score (nSPS) is 27.2. The van der Waals surface area contributed by atoms with Gasteiger partial charge in [0.2, 0.25) is 0 Å². The van der Waals surface area contributed by atoms with E-state index in [1.165, 1.54) is 31.2 Å². The summed E-state index contributed by atoms with van der Waals surface area (Å²) in [7, 11) is 0. The summed E-state index contributed by atoms with van der Waals surface area (Å²) < 4.78 is 5.94. The van der Waals surface area contributed by atoms with Gasteiger partial charge in [-0.1, -0.05) is 50.6 Å². The molecule has 21 heavy (non-hydrogen) atoms. The quantitative estimate of drug-likeness (QED) is 0.856. The van der Waals surface area contributed by atoms with E-state index < -0.39 is 0 Å². The summed E-state index contributed by atoms with van der Waals surface area (Å²) in [6.45, 7) is 8.69. The summed E-state index contributed by atoms with van der Waals surface area (Å²) in [6.07, 6.45) is 5.78. The highest BCUT2D eigenvalue weighted by Crippen LogP contribution is 2.57. The van der Waals surface area contributed by atoms with Crippen LogP contribution in [0.15, 0.2) is 30.3 Å². The van der Waals surface area contributed by atoms with Crippen molar-refractivity contribution in [1.82, 2.24) is 5.32 Å². The Labute approximate surface area is 129 Å². The molecule has 0 bridgehead atoms. The molecular weight excluding hydrogens is 258 g/mol. The Morgan fingerprint density at radius 2 is 1.95 bits per heavy atom. The Morgan fingerprint density at radius 3 is 2.52 bits per heavy atom. The van der Waals surface area contributed by atoms with E-state index in [0.29, 0.717) is 17.6 Å². The second kappa shape index (κ2) is 5.73. The van der Waals surface area contributed by atoms with Gasteiger partial charge in [0, 0.05) is 30.0 Å². The predicted octanol–water partition coefficient (Wildman–Crippen LogP) is 3.90.